The number of hydrogen-bond acceptors (Lipinski definition) is 16. The van der Waals surface area contributed by atoms with E-state index in [1.165, 1.54) is 58.9 Å². The average Bonchev–Trinajstić information content (AvgIpc) is 3.93. The zero-order valence-electron chi connectivity index (χ0n) is 39.5. The zero-order chi connectivity index (χ0) is 51.2. The number of benzene rings is 5. The fraction of sp³-hybridized carbons (Fsp3) is 0.164. The Hall–Kier alpha value is -9.38. The summed E-state index contributed by atoms with van der Waals surface area (Å²) in [6, 6.07) is 30.5. The van der Waals surface area contributed by atoms with Crippen LogP contribution in [-0.4, -0.2) is 69.7 Å². The Kier molecular flexibility index (Phi) is 12.5. The third-order valence-corrected chi connectivity index (χ3v) is 11.7. The van der Waals surface area contributed by atoms with Crippen molar-refractivity contribution in [2.24, 2.45) is 0 Å². The van der Waals surface area contributed by atoms with E-state index in [0.717, 1.165) is 12.5 Å². The SMILES string of the molecule is CC(=O)OC1=C(c2ccc(OC(C)=O)cc2)C2(OC1=O)C(c1ccc(OC(C)=O)cc1)=C1C(=C(c3ccc(OC(C)=O)cc3)C(=O)c3[nH]c4c(OC(C)=O)cccc4c31)N2CCc1ccc(OC(C)=O)cc1. The van der Waals surface area contributed by atoms with Gasteiger partial charge in [0.15, 0.2) is 5.75 Å². The lowest BCUT2D eigenvalue weighted by atomic mass is 9.80. The number of carbonyl (C=O) groups is 8. The molecule has 0 fully saturated rings. The van der Waals surface area contributed by atoms with Crippen LogP contribution in [0.2, 0.25) is 0 Å². The van der Waals surface area contributed by atoms with Crippen LogP contribution in [0.15, 0.2) is 127 Å². The van der Waals surface area contributed by atoms with Gasteiger partial charge < -0.3 is 43.0 Å². The first kappa shape index (κ1) is 47.7. The number of esters is 7. The van der Waals surface area contributed by atoms with Gasteiger partial charge in [-0.25, -0.2) is 4.79 Å². The van der Waals surface area contributed by atoms with Crippen molar-refractivity contribution >= 4 is 80.8 Å². The number of nitrogens with one attached hydrogen (secondary N) is 1. The van der Waals surface area contributed by atoms with Crippen molar-refractivity contribution in [2.75, 3.05) is 6.54 Å². The highest BCUT2D eigenvalue weighted by atomic mass is 16.6. The first-order valence-corrected chi connectivity index (χ1v) is 22.4. The zero-order valence-corrected chi connectivity index (χ0v) is 39.5. The van der Waals surface area contributed by atoms with Crippen LogP contribution in [0.3, 0.4) is 0 Å². The van der Waals surface area contributed by atoms with Gasteiger partial charge >= 0.3 is 41.8 Å². The number of allylic oxidation sites excluding steroid dienone is 2. The monoisotopic (exact) mass is 970 g/mol. The molecule has 3 heterocycles. The molecule has 9 rings (SSSR count). The van der Waals surface area contributed by atoms with Gasteiger partial charge in [0.2, 0.25) is 17.3 Å². The van der Waals surface area contributed by atoms with Crippen molar-refractivity contribution in [3.05, 3.63) is 160 Å². The van der Waals surface area contributed by atoms with Gasteiger partial charge in [-0.05, 0) is 83.3 Å². The fourth-order valence-electron chi connectivity index (χ4n) is 9.30. The van der Waals surface area contributed by atoms with Gasteiger partial charge in [0.05, 0.1) is 28.1 Å². The number of fused-ring (bicyclic) bond motifs is 5. The van der Waals surface area contributed by atoms with Gasteiger partial charge in [-0.2, -0.15) is 0 Å². The van der Waals surface area contributed by atoms with E-state index in [2.05, 4.69) is 4.98 Å². The number of nitrogens with zero attached hydrogens (tertiary/aromatic N) is 1. The molecule has 1 spiro atoms. The number of aromatic nitrogens is 1. The second-order valence-corrected chi connectivity index (χ2v) is 16.8. The minimum atomic E-state index is -2.15. The molecule has 1 unspecified atom stereocenters. The number of ketones is 1. The molecular weight excluding hydrogens is 929 g/mol. The summed E-state index contributed by atoms with van der Waals surface area (Å²) < 4.78 is 39.9. The van der Waals surface area contributed by atoms with Crippen LogP contribution in [-0.2, 0) is 49.5 Å². The normalized spacial score (nSPS) is 15.8. The third-order valence-electron chi connectivity index (χ3n) is 11.7. The molecule has 0 saturated heterocycles. The molecule has 0 saturated carbocycles. The van der Waals surface area contributed by atoms with Gasteiger partial charge in [0, 0.05) is 70.2 Å². The molecule has 1 aliphatic carbocycles. The molecule has 1 N–H and O–H groups in total. The molecule has 6 aromatic rings. The molecule has 0 radical (unpaired) electrons. The minimum absolute atomic E-state index is 0.0229. The predicted octanol–water partition coefficient (Wildman–Crippen LogP) is 8.10. The number of H-pyrrole nitrogens is 1. The molecule has 72 heavy (non-hydrogen) atoms. The Morgan fingerprint density at radius 3 is 1.47 bits per heavy atom. The fourth-order valence-corrected chi connectivity index (χ4v) is 9.30. The van der Waals surface area contributed by atoms with Crippen LogP contribution in [0.5, 0.6) is 28.7 Å². The lowest BCUT2D eigenvalue weighted by Gasteiger charge is -2.40. The maximum atomic E-state index is 15.8. The van der Waals surface area contributed by atoms with Crippen molar-refractivity contribution in [1.29, 1.82) is 0 Å². The quantitative estimate of drug-likeness (QED) is 0.0904. The smallest absolute Gasteiger partial charge is 0.377 e. The van der Waals surface area contributed by atoms with Crippen LogP contribution in [0.1, 0.15) is 79.8 Å². The van der Waals surface area contributed by atoms with Gasteiger partial charge in [-0.15, -0.1) is 0 Å². The Balaban J connectivity index is 1.44. The first-order chi connectivity index (χ1) is 34.4. The molecule has 362 valence electrons. The first-order valence-electron chi connectivity index (χ1n) is 22.4. The number of rotatable bonds is 12. The molecular formula is C55H42N2O15. The van der Waals surface area contributed by atoms with Gasteiger partial charge in [-0.3, -0.25) is 33.6 Å². The highest BCUT2D eigenvalue weighted by Crippen LogP contribution is 2.63. The van der Waals surface area contributed by atoms with Crippen molar-refractivity contribution in [3.8, 4) is 28.7 Å². The van der Waals surface area contributed by atoms with Gasteiger partial charge in [-0.1, -0.05) is 60.7 Å². The Labute approximate surface area is 410 Å². The number of aromatic amines is 1. The van der Waals surface area contributed by atoms with E-state index in [1.54, 1.807) is 95.9 Å². The molecule has 1 atom stereocenters. The summed E-state index contributed by atoms with van der Waals surface area (Å²) >= 11 is 0. The van der Waals surface area contributed by atoms with Crippen LogP contribution in [0.4, 0.5) is 0 Å². The average molecular weight is 971 g/mol. The molecule has 3 aliphatic rings. The lowest BCUT2D eigenvalue weighted by molar-refractivity contribution is -0.156. The number of hydrogen-bond donors (Lipinski definition) is 1. The highest BCUT2D eigenvalue weighted by Gasteiger charge is 2.64. The molecule has 17 nitrogen and oxygen atoms in total. The van der Waals surface area contributed by atoms with Crippen LogP contribution < -0.4 is 23.7 Å². The Morgan fingerprint density at radius 2 is 0.986 bits per heavy atom. The summed E-state index contributed by atoms with van der Waals surface area (Å²) in [5.74, 6) is -4.87. The van der Waals surface area contributed by atoms with E-state index >= 15 is 4.79 Å². The summed E-state index contributed by atoms with van der Waals surface area (Å²) in [6.45, 7) is 7.36. The van der Waals surface area contributed by atoms with E-state index < -0.39 is 59.1 Å². The van der Waals surface area contributed by atoms with E-state index in [4.69, 9.17) is 33.2 Å². The summed E-state index contributed by atoms with van der Waals surface area (Å²) in [7, 11) is 0. The molecule has 17 heteroatoms. The molecule has 0 bridgehead atoms. The van der Waals surface area contributed by atoms with E-state index in [1.807, 2.05) is 0 Å². The summed E-state index contributed by atoms with van der Waals surface area (Å²) in [4.78, 5) is 110. The van der Waals surface area contributed by atoms with E-state index in [0.29, 0.717) is 33.4 Å². The highest BCUT2D eigenvalue weighted by molar-refractivity contribution is 6.39. The van der Waals surface area contributed by atoms with Crippen molar-refractivity contribution in [1.82, 2.24) is 9.88 Å². The lowest BCUT2D eigenvalue weighted by Crippen LogP contribution is -2.48. The third kappa shape index (κ3) is 8.78. The molecule has 5 aromatic carbocycles. The van der Waals surface area contributed by atoms with E-state index in [9.17, 15) is 33.6 Å². The van der Waals surface area contributed by atoms with Gasteiger partial charge in [0.25, 0.3) is 0 Å². The Bertz CT molecular complexity index is 3410. The molecule has 0 amide bonds. The van der Waals surface area contributed by atoms with E-state index in [-0.39, 0.29) is 75.2 Å². The van der Waals surface area contributed by atoms with Crippen molar-refractivity contribution < 1.29 is 71.5 Å². The van der Waals surface area contributed by atoms with Crippen LogP contribution in [0.25, 0.3) is 33.2 Å². The number of para-hydroxylation sites is 1. The minimum Gasteiger partial charge on any atom is -0.427 e. The number of Topliss-reactive ketones (excluding diaryl/α,β-unsaturated/α-hetero) is 1. The maximum Gasteiger partial charge on any atom is 0.377 e. The number of ether oxygens (including phenoxy) is 7. The second kappa shape index (κ2) is 18.8. The van der Waals surface area contributed by atoms with Crippen LogP contribution >= 0.6 is 0 Å². The standard InChI is InChI=1S/C55H42N2O15/c1-28(58)66-38-18-10-34(11-19-38)26-27-57-51-44(35-12-20-39(21-13-35)67-29(2)59)52(64)50-45(42-8-7-9-43(49(42)56-50)70-32(5)62)46(51)47(36-14-22-40(23-15-36)68-30(3)60)55(57)48(53(54(65)72-55)71-33(6)63)37-16-24-41(25-17-37)69-31(4)61/h7-25,56H,26-27H2,1-6H3. The predicted molar refractivity (Wildman–Crippen MR) is 257 cm³/mol. The summed E-state index contributed by atoms with van der Waals surface area (Å²) in [5, 5.41) is 0.432. The van der Waals surface area contributed by atoms with Crippen molar-refractivity contribution in [2.45, 2.75) is 53.7 Å². The summed E-state index contributed by atoms with van der Waals surface area (Å²) in [6.07, 6.45) is 0.181. The topological polar surface area (TPSA) is 220 Å². The number of carbonyl (C=O) groups excluding carboxylic acids is 8. The van der Waals surface area contributed by atoms with Crippen LogP contribution in [0, 0.1) is 0 Å². The maximum absolute atomic E-state index is 15.8. The second-order valence-electron chi connectivity index (χ2n) is 16.8. The van der Waals surface area contributed by atoms with Gasteiger partial charge in [0.1, 0.15) is 23.0 Å². The Morgan fingerprint density at radius 1 is 0.528 bits per heavy atom. The largest absolute Gasteiger partial charge is 0.427 e. The molecule has 2 aliphatic heterocycles. The molecule has 1 aromatic heterocycles. The van der Waals surface area contributed by atoms with Crippen molar-refractivity contribution in [3.63, 3.8) is 0 Å². The summed E-state index contributed by atoms with van der Waals surface area (Å²) in [5.41, 5.74) is 1.20.